The van der Waals surface area contributed by atoms with E-state index in [-0.39, 0.29) is 11.6 Å². The fourth-order valence-corrected chi connectivity index (χ4v) is 0.896. The number of nitrogens with one attached hydrogen (secondary N) is 1. The largest absolute Gasteiger partial charge is 0.465 e. The van der Waals surface area contributed by atoms with Gasteiger partial charge in [-0.05, 0) is 6.92 Å². The Morgan fingerprint density at radius 3 is 2.73 bits per heavy atom. The van der Waals surface area contributed by atoms with Crippen molar-refractivity contribution < 1.29 is 23.2 Å². The second kappa shape index (κ2) is 4.24. The van der Waals surface area contributed by atoms with Crippen molar-refractivity contribution in [2.75, 3.05) is 18.7 Å². The van der Waals surface area contributed by atoms with Gasteiger partial charge in [-0.2, -0.15) is 0 Å². The zero-order valence-corrected chi connectivity index (χ0v) is 7.96. The molecule has 0 aliphatic rings. The van der Waals surface area contributed by atoms with E-state index in [2.05, 4.69) is 9.68 Å². The third kappa shape index (κ3) is 2.42. The Bertz CT molecular complexity index is 349. The van der Waals surface area contributed by atoms with Crippen molar-refractivity contribution in [1.29, 1.82) is 0 Å². The maximum Gasteiger partial charge on any atom is 0.410 e. The summed E-state index contributed by atoms with van der Waals surface area (Å²) in [6, 6.07) is 1.16. The van der Waals surface area contributed by atoms with Gasteiger partial charge in [0.1, 0.15) is 19.1 Å². The summed E-state index contributed by atoms with van der Waals surface area (Å²) in [5, 5.41) is 13.6. The first-order valence-electron chi connectivity index (χ1n) is 4.11. The van der Waals surface area contributed by atoms with E-state index < -0.39 is 24.9 Å². The van der Waals surface area contributed by atoms with Gasteiger partial charge in [-0.25, -0.2) is 13.6 Å². The van der Waals surface area contributed by atoms with E-state index in [9.17, 15) is 13.6 Å². The number of aromatic nitrogens is 1. The SMILES string of the molecule is CC(CF)(CF)c1cc(NC(=O)O)no1. The van der Waals surface area contributed by atoms with Crippen LogP contribution in [0.2, 0.25) is 0 Å². The van der Waals surface area contributed by atoms with Crippen molar-refractivity contribution in [2.45, 2.75) is 12.3 Å². The fraction of sp³-hybridized carbons (Fsp3) is 0.500. The maximum atomic E-state index is 12.5. The van der Waals surface area contributed by atoms with Gasteiger partial charge < -0.3 is 9.63 Å². The second-order valence-electron chi connectivity index (χ2n) is 3.33. The van der Waals surface area contributed by atoms with Gasteiger partial charge in [0, 0.05) is 6.07 Å². The number of hydrogen-bond acceptors (Lipinski definition) is 3. The lowest BCUT2D eigenvalue weighted by Crippen LogP contribution is -2.26. The summed E-state index contributed by atoms with van der Waals surface area (Å²) in [5.41, 5.74) is -1.41. The normalized spacial score (nSPS) is 11.4. The van der Waals surface area contributed by atoms with Gasteiger partial charge in [0.15, 0.2) is 5.82 Å². The van der Waals surface area contributed by atoms with Gasteiger partial charge in [-0.15, -0.1) is 0 Å². The minimum absolute atomic E-state index is 0.0312. The Morgan fingerprint density at radius 2 is 2.27 bits per heavy atom. The molecule has 1 aromatic heterocycles. The van der Waals surface area contributed by atoms with Crippen molar-refractivity contribution in [3.63, 3.8) is 0 Å². The Balaban J connectivity index is 2.87. The molecule has 0 radical (unpaired) electrons. The molecule has 0 saturated carbocycles. The molecule has 0 fully saturated rings. The van der Waals surface area contributed by atoms with Crippen molar-refractivity contribution >= 4 is 11.9 Å². The predicted molar refractivity (Wildman–Crippen MR) is 47.5 cm³/mol. The van der Waals surface area contributed by atoms with Crippen molar-refractivity contribution in [1.82, 2.24) is 5.16 Å². The molecule has 15 heavy (non-hydrogen) atoms. The zero-order chi connectivity index (χ0) is 11.5. The summed E-state index contributed by atoms with van der Waals surface area (Å²) >= 11 is 0. The highest BCUT2D eigenvalue weighted by atomic mass is 19.1. The molecule has 0 aliphatic heterocycles. The first-order chi connectivity index (χ1) is 7.01. The molecule has 0 bridgehead atoms. The van der Waals surface area contributed by atoms with Crippen LogP contribution in [0.3, 0.4) is 0 Å². The molecule has 0 aromatic carbocycles. The molecule has 0 unspecified atom stereocenters. The number of rotatable bonds is 4. The standard InChI is InChI=1S/C8H10F2N2O3/c1-8(3-9,4-10)5-2-6(12-15-5)11-7(13)14/h2H,3-4H2,1H3,(H,11,12)(H,13,14). The molecule has 0 saturated heterocycles. The quantitative estimate of drug-likeness (QED) is 0.813. The van der Waals surface area contributed by atoms with Crippen LogP contribution in [-0.2, 0) is 5.41 Å². The van der Waals surface area contributed by atoms with E-state index in [4.69, 9.17) is 5.11 Å². The Labute approximate surface area is 84.1 Å². The van der Waals surface area contributed by atoms with E-state index in [1.54, 1.807) is 0 Å². The number of nitrogens with zero attached hydrogens (tertiary/aromatic N) is 1. The van der Waals surface area contributed by atoms with Gasteiger partial charge in [0.05, 0.1) is 5.41 Å². The fourth-order valence-electron chi connectivity index (χ4n) is 0.896. The molecule has 7 heteroatoms. The first-order valence-corrected chi connectivity index (χ1v) is 4.11. The van der Waals surface area contributed by atoms with E-state index in [0.717, 1.165) is 6.07 Å². The van der Waals surface area contributed by atoms with Crippen LogP contribution in [0, 0.1) is 0 Å². The monoisotopic (exact) mass is 220 g/mol. The van der Waals surface area contributed by atoms with Crippen LogP contribution in [0.25, 0.3) is 0 Å². The molecule has 0 aliphatic carbocycles. The maximum absolute atomic E-state index is 12.5. The molecule has 1 rings (SSSR count). The average Bonchev–Trinajstić information content (AvgIpc) is 2.64. The number of alkyl halides is 2. The average molecular weight is 220 g/mol. The number of halogens is 2. The number of carboxylic acid groups (broad SMARTS) is 1. The van der Waals surface area contributed by atoms with Gasteiger partial charge in [0.25, 0.3) is 0 Å². The Morgan fingerprint density at radius 1 is 1.67 bits per heavy atom. The number of anilines is 1. The zero-order valence-electron chi connectivity index (χ0n) is 7.96. The van der Waals surface area contributed by atoms with Crippen LogP contribution in [0.4, 0.5) is 19.4 Å². The number of hydrogen-bond donors (Lipinski definition) is 2. The van der Waals surface area contributed by atoms with Crippen LogP contribution in [-0.4, -0.2) is 29.7 Å². The molecule has 0 spiro atoms. The summed E-state index contributed by atoms with van der Waals surface area (Å²) in [5.74, 6) is -0.123. The molecule has 0 atom stereocenters. The molecule has 1 heterocycles. The van der Waals surface area contributed by atoms with Gasteiger partial charge in [-0.3, -0.25) is 5.32 Å². The second-order valence-corrected chi connectivity index (χ2v) is 3.33. The highest BCUT2D eigenvalue weighted by Gasteiger charge is 2.32. The lowest BCUT2D eigenvalue weighted by Gasteiger charge is -2.17. The Kier molecular flexibility index (Phi) is 3.23. The van der Waals surface area contributed by atoms with Crippen molar-refractivity contribution in [3.05, 3.63) is 11.8 Å². The molecule has 2 N–H and O–H groups in total. The molecule has 5 nitrogen and oxygen atoms in total. The van der Waals surface area contributed by atoms with E-state index >= 15 is 0 Å². The number of carbonyl (C=O) groups is 1. The molecule has 84 valence electrons. The minimum Gasteiger partial charge on any atom is -0.465 e. The third-order valence-corrected chi connectivity index (χ3v) is 1.93. The van der Waals surface area contributed by atoms with Gasteiger partial charge in [0.2, 0.25) is 0 Å². The highest BCUT2D eigenvalue weighted by molar-refractivity contribution is 5.81. The van der Waals surface area contributed by atoms with Crippen LogP contribution in [0.5, 0.6) is 0 Å². The molecule has 1 amide bonds. The lowest BCUT2D eigenvalue weighted by molar-refractivity contribution is 0.205. The highest BCUT2D eigenvalue weighted by Crippen LogP contribution is 2.27. The summed E-state index contributed by atoms with van der Waals surface area (Å²) < 4.78 is 29.7. The van der Waals surface area contributed by atoms with Gasteiger partial charge in [-0.1, -0.05) is 5.16 Å². The van der Waals surface area contributed by atoms with Crippen LogP contribution in [0.1, 0.15) is 12.7 Å². The predicted octanol–water partition coefficient (Wildman–Crippen LogP) is 1.96. The van der Waals surface area contributed by atoms with Crippen LogP contribution in [0.15, 0.2) is 10.6 Å². The smallest absolute Gasteiger partial charge is 0.410 e. The van der Waals surface area contributed by atoms with Crippen LogP contribution < -0.4 is 5.32 Å². The molecule has 1 aromatic rings. The topological polar surface area (TPSA) is 75.4 Å². The Hall–Kier alpha value is -1.66. The minimum atomic E-state index is -1.41. The third-order valence-electron chi connectivity index (χ3n) is 1.93. The van der Waals surface area contributed by atoms with E-state index in [1.165, 1.54) is 6.92 Å². The molecular weight excluding hydrogens is 210 g/mol. The molecular formula is C8H10F2N2O3. The lowest BCUT2D eigenvalue weighted by atomic mass is 9.91. The van der Waals surface area contributed by atoms with Crippen LogP contribution >= 0.6 is 0 Å². The summed E-state index contributed by atoms with van der Waals surface area (Å²) in [6.07, 6.45) is -1.32. The van der Waals surface area contributed by atoms with E-state index in [1.807, 2.05) is 5.32 Å². The summed E-state index contributed by atoms with van der Waals surface area (Å²) in [6.45, 7) is -0.589. The van der Waals surface area contributed by atoms with Crippen molar-refractivity contribution in [3.8, 4) is 0 Å². The van der Waals surface area contributed by atoms with Gasteiger partial charge >= 0.3 is 6.09 Å². The van der Waals surface area contributed by atoms with E-state index in [0.29, 0.717) is 0 Å². The first kappa shape index (κ1) is 11.4. The van der Waals surface area contributed by atoms with Crippen molar-refractivity contribution in [2.24, 2.45) is 0 Å². The number of amides is 1. The summed E-state index contributed by atoms with van der Waals surface area (Å²) in [4.78, 5) is 10.2. The summed E-state index contributed by atoms with van der Waals surface area (Å²) in [7, 11) is 0.